The fraction of sp³-hybridized carbons (Fsp3) is 0.207. The maximum Gasteiger partial charge on any atom is 0.278 e. The van der Waals surface area contributed by atoms with E-state index in [1.54, 1.807) is 94.1 Å². The molecule has 0 fully saturated rings. The highest BCUT2D eigenvalue weighted by atomic mass is 32.2. The van der Waals surface area contributed by atoms with Gasteiger partial charge in [-0.25, -0.2) is 0 Å². The molecule has 3 aromatic rings. The Morgan fingerprint density at radius 2 is 1.38 bits per heavy atom. The van der Waals surface area contributed by atoms with E-state index in [0.717, 1.165) is 4.90 Å². The van der Waals surface area contributed by atoms with Crippen molar-refractivity contribution in [3.8, 4) is 11.5 Å². The number of carbonyl (C=O) groups is 3. The molecule has 0 saturated heterocycles. The molecule has 0 radical (unpaired) electrons. The molecule has 4 rings (SSSR count). The van der Waals surface area contributed by atoms with Gasteiger partial charge in [-0.1, -0.05) is 11.8 Å². The summed E-state index contributed by atoms with van der Waals surface area (Å²) in [5.41, 5.74) is 1.96. The van der Waals surface area contributed by atoms with Crippen molar-refractivity contribution in [1.82, 2.24) is 4.90 Å². The minimum absolute atomic E-state index is 0.212. The van der Waals surface area contributed by atoms with E-state index in [1.165, 1.54) is 16.7 Å². The lowest BCUT2D eigenvalue weighted by Gasteiger charge is -2.14. The molecule has 1 heterocycles. The van der Waals surface area contributed by atoms with Gasteiger partial charge in [-0.3, -0.25) is 19.3 Å². The van der Waals surface area contributed by atoms with Crippen molar-refractivity contribution in [2.45, 2.75) is 11.3 Å². The summed E-state index contributed by atoms with van der Waals surface area (Å²) in [6, 6.07) is 21.0. The summed E-state index contributed by atoms with van der Waals surface area (Å²) in [5.74, 6) is 0.334. The van der Waals surface area contributed by atoms with E-state index in [9.17, 15) is 14.4 Å². The number of nitrogens with one attached hydrogen (secondary N) is 2. The Hall–Kier alpha value is -4.28. The maximum atomic E-state index is 13.3. The highest BCUT2D eigenvalue weighted by molar-refractivity contribution is 8.04. The van der Waals surface area contributed by atoms with Crippen molar-refractivity contribution in [2.75, 3.05) is 45.1 Å². The molecular formula is C29H29N3O6S. The summed E-state index contributed by atoms with van der Waals surface area (Å²) in [6.07, 6.45) is 0.532. The first-order valence-corrected chi connectivity index (χ1v) is 13.0. The standard InChI is InChI=1S/C29H29N3O6S/c1-36-18-4-17-32-28(34)25(30-20-7-13-23(38-3)14-8-20)26(29(32)35)39-24-15-9-21(10-16-24)31-27(33)19-5-11-22(37-2)12-6-19/h5-16,30H,4,17-18H2,1-3H3,(H,31,33). The smallest absolute Gasteiger partial charge is 0.278 e. The average Bonchev–Trinajstić information content (AvgIpc) is 3.18. The number of hydrogen-bond acceptors (Lipinski definition) is 8. The number of methoxy groups -OCH3 is 3. The highest BCUT2D eigenvalue weighted by Gasteiger charge is 2.38. The zero-order valence-electron chi connectivity index (χ0n) is 21.9. The van der Waals surface area contributed by atoms with E-state index >= 15 is 0 Å². The molecule has 0 aromatic heterocycles. The minimum atomic E-state index is -0.391. The summed E-state index contributed by atoms with van der Waals surface area (Å²) < 4.78 is 15.4. The van der Waals surface area contributed by atoms with Gasteiger partial charge in [0.15, 0.2) is 0 Å². The van der Waals surface area contributed by atoms with Crippen molar-refractivity contribution in [2.24, 2.45) is 0 Å². The SMILES string of the molecule is COCCCN1C(=O)C(Nc2ccc(OC)cc2)=C(Sc2ccc(NC(=O)c3ccc(OC)cc3)cc2)C1=O. The van der Waals surface area contributed by atoms with E-state index in [-0.39, 0.29) is 24.1 Å². The van der Waals surface area contributed by atoms with Crippen LogP contribution in [0.2, 0.25) is 0 Å². The molecule has 2 N–H and O–H groups in total. The van der Waals surface area contributed by atoms with E-state index in [0.29, 0.717) is 46.4 Å². The summed E-state index contributed by atoms with van der Waals surface area (Å²) in [5, 5.41) is 5.98. The van der Waals surface area contributed by atoms with Gasteiger partial charge >= 0.3 is 0 Å². The lowest BCUT2D eigenvalue weighted by molar-refractivity contribution is -0.137. The molecule has 0 bridgehead atoms. The Labute approximate surface area is 231 Å². The first-order chi connectivity index (χ1) is 18.9. The second kappa shape index (κ2) is 13.0. The molecule has 1 aliphatic heterocycles. The largest absolute Gasteiger partial charge is 0.497 e. The zero-order chi connectivity index (χ0) is 27.8. The summed E-state index contributed by atoms with van der Waals surface area (Å²) in [6.45, 7) is 0.685. The van der Waals surface area contributed by atoms with Crippen LogP contribution in [0.3, 0.4) is 0 Å². The van der Waals surface area contributed by atoms with Gasteiger partial charge in [0.2, 0.25) is 0 Å². The number of ether oxygens (including phenoxy) is 3. The molecule has 10 heteroatoms. The van der Waals surface area contributed by atoms with Gasteiger partial charge in [0.05, 0.1) is 14.2 Å². The lowest BCUT2D eigenvalue weighted by atomic mass is 10.2. The summed E-state index contributed by atoms with van der Waals surface area (Å²) >= 11 is 1.19. The third kappa shape index (κ3) is 6.78. The van der Waals surface area contributed by atoms with Crippen molar-refractivity contribution < 1.29 is 28.6 Å². The zero-order valence-corrected chi connectivity index (χ0v) is 22.7. The molecule has 0 aliphatic carbocycles. The van der Waals surface area contributed by atoms with Crippen LogP contribution in [-0.2, 0) is 14.3 Å². The van der Waals surface area contributed by atoms with Crippen molar-refractivity contribution in [1.29, 1.82) is 0 Å². The Morgan fingerprint density at radius 1 is 0.795 bits per heavy atom. The first-order valence-electron chi connectivity index (χ1n) is 12.2. The topological polar surface area (TPSA) is 106 Å². The van der Waals surface area contributed by atoms with Crippen LogP contribution in [0.15, 0.2) is 88.3 Å². The number of nitrogens with zero attached hydrogens (tertiary/aromatic N) is 1. The fourth-order valence-corrected chi connectivity index (χ4v) is 4.76. The number of rotatable bonds is 12. The van der Waals surface area contributed by atoms with Gasteiger partial charge in [-0.05, 0) is 79.2 Å². The number of hydrogen-bond donors (Lipinski definition) is 2. The molecule has 202 valence electrons. The lowest BCUT2D eigenvalue weighted by Crippen LogP contribution is -2.33. The van der Waals surface area contributed by atoms with Crippen LogP contribution < -0.4 is 20.1 Å². The van der Waals surface area contributed by atoms with Crippen LogP contribution in [0.1, 0.15) is 16.8 Å². The summed E-state index contributed by atoms with van der Waals surface area (Å²) in [4.78, 5) is 41.4. The van der Waals surface area contributed by atoms with E-state index in [2.05, 4.69) is 10.6 Å². The predicted molar refractivity (Wildman–Crippen MR) is 150 cm³/mol. The normalized spacial score (nSPS) is 13.1. The van der Waals surface area contributed by atoms with E-state index in [4.69, 9.17) is 14.2 Å². The van der Waals surface area contributed by atoms with Gasteiger partial charge < -0.3 is 24.8 Å². The van der Waals surface area contributed by atoms with Gasteiger partial charge in [-0.2, -0.15) is 0 Å². The third-order valence-electron chi connectivity index (χ3n) is 5.90. The monoisotopic (exact) mass is 547 g/mol. The van der Waals surface area contributed by atoms with Gasteiger partial charge in [0.1, 0.15) is 22.1 Å². The molecule has 39 heavy (non-hydrogen) atoms. The first kappa shape index (κ1) is 27.7. The summed E-state index contributed by atoms with van der Waals surface area (Å²) in [7, 11) is 4.72. The molecule has 0 saturated carbocycles. The second-order valence-corrected chi connectivity index (χ2v) is 9.56. The number of anilines is 2. The molecule has 9 nitrogen and oxygen atoms in total. The highest BCUT2D eigenvalue weighted by Crippen LogP contribution is 2.36. The van der Waals surface area contributed by atoms with Crippen molar-refractivity contribution >= 4 is 40.9 Å². The number of carbonyl (C=O) groups excluding carboxylic acids is 3. The Balaban J connectivity index is 1.51. The van der Waals surface area contributed by atoms with Crippen molar-refractivity contribution in [3.63, 3.8) is 0 Å². The van der Waals surface area contributed by atoms with E-state index < -0.39 is 5.91 Å². The number of benzene rings is 3. The molecular weight excluding hydrogens is 518 g/mol. The van der Waals surface area contributed by atoms with Gasteiger partial charge in [0.25, 0.3) is 17.7 Å². The van der Waals surface area contributed by atoms with Crippen LogP contribution in [-0.4, -0.2) is 57.1 Å². The Kier molecular flexibility index (Phi) is 9.24. The molecule has 0 spiro atoms. The number of amides is 3. The van der Waals surface area contributed by atoms with Crippen LogP contribution in [0.5, 0.6) is 11.5 Å². The second-order valence-electron chi connectivity index (χ2n) is 8.47. The Morgan fingerprint density at radius 3 is 1.97 bits per heavy atom. The van der Waals surface area contributed by atoms with Crippen LogP contribution >= 0.6 is 11.8 Å². The van der Waals surface area contributed by atoms with Crippen LogP contribution in [0, 0.1) is 0 Å². The minimum Gasteiger partial charge on any atom is -0.497 e. The van der Waals surface area contributed by atoms with E-state index in [1.807, 2.05) is 0 Å². The molecule has 3 aromatic carbocycles. The van der Waals surface area contributed by atoms with Crippen LogP contribution in [0.25, 0.3) is 0 Å². The molecule has 0 unspecified atom stereocenters. The maximum absolute atomic E-state index is 13.3. The Bertz CT molecular complexity index is 1360. The molecule has 0 atom stereocenters. The van der Waals surface area contributed by atoms with Gasteiger partial charge in [0, 0.05) is 42.1 Å². The van der Waals surface area contributed by atoms with Crippen molar-refractivity contribution in [3.05, 3.63) is 89.0 Å². The quantitative estimate of drug-likeness (QED) is 0.247. The van der Waals surface area contributed by atoms with Crippen LogP contribution in [0.4, 0.5) is 11.4 Å². The fourth-order valence-electron chi connectivity index (χ4n) is 3.82. The molecule has 3 amide bonds. The molecule has 1 aliphatic rings. The number of imide groups is 1. The predicted octanol–water partition coefficient (Wildman–Crippen LogP) is 4.78. The average molecular weight is 548 g/mol. The number of thioether (sulfide) groups is 1. The van der Waals surface area contributed by atoms with Gasteiger partial charge in [-0.15, -0.1) is 0 Å². The third-order valence-corrected chi connectivity index (χ3v) is 6.99.